The van der Waals surface area contributed by atoms with Crippen LogP contribution < -0.4 is 0 Å². The van der Waals surface area contributed by atoms with Gasteiger partial charge in [0.2, 0.25) is 0 Å². The summed E-state index contributed by atoms with van der Waals surface area (Å²) in [5.74, 6) is 0.902. The summed E-state index contributed by atoms with van der Waals surface area (Å²) < 4.78 is 0. The van der Waals surface area contributed by atoms with E-state index < -0.39 is 0 Å². The van der Waals surface area contributed by atoms with Gasteiger partial charge in [0.05, 0.1) is 0 Å². The second-order valence-corrected chi connectivity index (χ2v) is 6.22. The third-order valence-electron chi connectivity index (χ3n) is 3.39. The van der Waals surface area contributed by atoms with E-state index in [1.54, 1.807) is 6.08 Å². The van der Waals surface area contributed by atoms with Gasteiger partial charge in [-0.3, -0.25) is 4.79 Å². The van der Waals surface area contributed by atoms with E-state index in [1.165, 1.54) is 0 Å². The van der Waals surface area contributed by atoms with Crippen molar-refractivity contribution in [2.45, 2.75) is 47.5 Å². The quantitative estimate of drug-likeness (QED) is 0.504. The molecule has 0 bridgehead atoms. The fourth-order valence-corrected chi connectivity index (χ4v) is 3.16. The molecule has 90 valence electrons. The predicted octanol–water partition coefficient (Wildman–Crippen LogP) is 4.15. The number of ketones is 1. The number of carbonyl (C=O) groups excluding carboxylic acids is 1. The largest absolute Gasteiger partial charge is 0.294 e. The van der Waals surface area contributed by atoms with Crippen LogP contribution in [0.15, 0.2) is 23.8 Å². The highest BCUT2D eigenvalue weighted by Gasteiger charge is 2.40. The maximum atomic E-state index is 12.2. The molecule has 2 atom stereocenters. The summed E-state index contributed by atoms with van der Waals surface area (Å²) in [5, 5.41) is 0. The topological polar surface area (TPSA) is 17.1 Å². The van der Waals surface area contributed by atoms with E-state index >= 15 is 0 Å². The van der Waals surface area contributed by atoms with Crippen molar-refractivity contribution >= 4 is 5.78 Å². The Labute approximate surface area is 99.6 Å². The summed E-state index contributed by atoms with van der Waals surface area (Å²) in [7, 11) is 0. The van der Waals surface area contributed by atoms with Gasteiger partial charge < -0.3 is 0 Å². The van der Waals surface area contributed by atoms with Gasteiger partial charge in [-0.05, 0) is 44.1 Å². The third kappa shape index (κ3) is 2.84. The van der Waals surface area contributed by atoms with Crippen molar-refractivity contribution in [2.24, 2.45) is 17.3 Å². The lowest BCUT2D eigenvalue weighted by atomic mass is 9.62. The Kier molecular flexibility index (Phi) is 3.77. The molecule has 16 heavy (non-hydrogen) atoms. The molecule has 1 rings (SSSR count). The fourth-order valence-electron chi connectivity index (χ4n) is 3.16. The second-order valence-electron chi connectivity index (χ2n) is 6.22. The van der Waals surface area contributed by atoms with Crippen molar-refractivity contribution in [3.63, 3.8) is 0 Å². The highest BCUT2D eigenvalue weighted by molar-refractivity contribution is 5.94. The first kappa shape index (κ1) is 13.2. The van der Waals surface area contributed by atoms with Crippen LogP contribution in [0.25, 0.3) is 0 Å². The van der Waals surface area contributed by atoms with E-state index in [9.17, 15) is 4.79 Å². The van der Waals surface area contributed by atoms with Crippen molar-refractivity contribution in [1.29, 1.82) is 0 Å². The molecule has 1 aliphatic rings. The lowest BCUT2D eigenvalue weighted by Gasteiger charge is -2.41. The van der Waals surface area contributed by atoms with E-state index in [0.717, 1.165) is 24.0 Å². The number of hydrogen-bond donors (Lipinski definition) is 0. The van der Waals surface area contributed by atoms with Gasteiger partial charge in [0.15, 0.2) is 5.78 Å². The molecule has 2 unspecified atom stereocenters. The van der Waals surface area contributed by atoms with Crippen LogP contribution in [0.4, 0.5) is 0 Å². The Bertz CT molecular complexity index is 329. The molecule has 0 saturated heterocycles. The minimum atomic E-state index is 0.0126. The molecule has 0 N–H and O–H groups in total. The van der Waals surface area contributed by atoms with Gasteiger partial charge in [0.25, 0.3) is 0 Å². The predicted molar refractivity (Wildman–Crippen MR) is 69.2 cm³/mol. The first-order valence-corrected chi connectivity index (χ1v) is 6.10. The Morgan fingerprint density at radius 3 is 2.44 bits per heavy atom. The molecule has 1 aliphatic carbocycles. The zero-order chi connectivity index (χ0) is 12.5. The number of carbonyl (C=O) groups is 1. The Morgan fingerprint density at radius 2 is 2.00 bits per heavy atom. The van der Waals surface area contributed by atoms with E-state index in [2.05, 4.69) is 27.4 Å². The van der Waals surface area contributed by atoms with Crippen molar-refractivity contribution in [1.82, 2.24) is 0 Å². The van der Waals surface area contributed by atoms with E-state index in [4.69, 9.17) is 0 Å². The van der Waals surface area contributed by atoms with Crippen LogP contribution in [0.1, 0.15) is 47.5 Å². The van der Waals surface area contributed by atoms with Crippen LogP contribution in [-0.4, -0.2) is 5.78 Å². The molecular weight excluding hydrogens is 196 g/mol. The average Bonchev–Trinajstić information content (AvgIpc) is 1.96. The monoisotopic (exact) mass is 220 g/mol. The van der Waals surface area contributed by atoms with Gasteiger partial charge in [0.1, 0.15) is 0 Å². The minimum absolute atomic E-state index is 0.0126. The standard InChI is InChI=1S/C15H24O/c1-10(2)7-13(16)14-12(4)8-11(3)9-15(14,5)6/h7,11,14H,4,8-9H2,1-3,5-6H3. The van der Waals surface area contributed by atoms with Crippen LogP contribution in [0.2, 0.25) is 0 Å². The number of hydrogen-bond acceptors (Lipinski definition) is 1. The van der Waals surface area contributed by atoms with Crippen molar-refractivity contribution in [3.05, 3.63) is 23.8 Å². The smallest absolute Gasteiger partial charge is 0.163 e. The third-order valence-corrected chi connectivity index (χ3v) is 3.39. The summed E-state index contributed by atoms with van der Waals surface area (Å²) in [5.41, 5.74) is 2.25. The van der Waals surface area contributed by atoms with Gasteiger partial charge in [-0.15, -0.1) is 0 Å². The zero-order valence-corrected chi connectivity index (χ0v) is 11.3. The minimum Gasteiger partial charge on any atom is -0.294 e. The SMILES string of the molecule is C=C1CC(C)CC(C)(C)C1C(=O)C=C(C)C. The van der Waals surface area contributed by atoms with Crippen LogP contribution in [0.5, 0.6) is 0 Å². The molecule has 1 heteroatoms. The molecular formula is C15H24O. The van der Waals surface area contributed by atoms with E-state index in [1.807, 2.05) is 13.8 Å². The van der Waals surface area contributed by atoms with Crippen LogP contribution in [-0.2, 0) is 4.79 Å². The Hall–Kier alpha value is -0.850. The van der Waals surface area contributed by atoms with Crippen molar-refractivity contribution in [3.8, 4) is 0 Å². The van der Waals surface area contributed by atoms with Crippen LogP contribution in [0.3, 0.4) is 0 Å². The first-order valence-electron chi connectivity index (χ1n) is 6.10. The lowest BCUT2D eigenvalue weighted by Crippen LogP contribution is -2.37. The van der Waals surface area contributed by atoms with E-state index in [-0.39, 0.29) is 17.1 Å². The average molecular weight is 220 g/mol. The molecule has 0 aromatic carbocycles. The Morgan fingerprint density at radius 1 is 1.44 bits per heavy atom. The number of allylic oxidation sites excluding steroid dienone is 3. The molecule has 0 amide bonds. The van der Waals surface area contributed by atoms with Gasteiger partial charge in [-0.1, -0.05) is 38.5 Å². The van der Waals surface area contributed by atoms with Gasteiger partial charge in [-0.2, -0.15) is 0 Å². The van der Waals surface area contributed by atoms with Crippen LogP contribution in [0, 0.1) is 17.3 Å². The normalized spacial score (nSPS) is 28.7. The first-order chi connectivity index (χ1) is 7.24. The molecule has 0 heterocycles. The van der Waals surface area contributed by atoms with Gasteiger partial charge in [-0.25, -0.2) is 0 Å². The lowest BCUT2D eigenvalue weighted by molar-refractivity contribution is -0.121. The van der Waals surface area contributed by atoms with Crippen molar-refractivity contribution in [2.75, 3.05) is 0 Å². The number of rotatable bonds is 2. The molecule has 0 aromatic rings. The Balaban J connectivity index is 2.97. The highest BCUT2D eigenvalue weighted by atomic mass is 16.1. The molecule has 0 aliphatic heterocycles. The van der Waals surface area contributed by atoms with Gasteiger partial charge in [0, 0.05) is 5.92 Å². The summed E-state index contributed by atoms with van der Waals surface area (Å²) >= 11 is 0. The second kappa shape index (κ2) is 4.57. The summed E-state index contributed by atoms with van der Waals surface area (Å²) in [6.07, 6.45) is 3.88. The van der Waals surface area contributed by atoms with E-state index in [0.29, 0.717) is 5.92 Å². The molecule has 0 spiro atoms. The maximum Gasteiger partial charge on any atom is 0.163 e. The zero-order valence-electron chi connectivity index (χ0n) is 11.3. The summed E-state index contributed by atoms with van der Waals surface area (Å²) in [6.45, 7) is 14.7. The van der Waals surface area contributed by atoms with Crippen LogP contribution >= 0.6 is 0 Å². The molecule has 0 radical (unpaired) electrons. The summed E-state index contributed by atoms with van der Waals surface area (Å²) in [6, 6.07) is 0. The highest BCUT2D eigenvalue weighted by Crippen LogP contribution is 2.46. The molecule has 1 saturated carbocycles. The fraction of sp³-hybridized carbons (Fsp3) is 0.667. The van der Waals surface area contributed by atoms with Crippen molar-refractivity contribution < 1.29 is 4.79 Å². The molecule has 0 aromatic heterocycles. The van der Waals surface area contributed by atoms with Gasteiger partial charge >= 0.3 is 0 Å². The molecule has 1 fully saturated rings. The molecule has 1 nitrogen and oxygen atoms in total. The maximum absolute atomic E-state index is 12.2. The summed E-state index contributed by atoms with van der Waals surface area (Å²) in [4.78, 5) is 12.2.